The molecule has 8 rings (SSSR count). The van der Waals surface area contributed by atoms with E-state index in [-0.39, 0.29) is 71.5 Å². The number of ether oxygens (including phenoxy) is 1. The Kier molecular flexibility index (Phi) is 15.3. The number of aromatic nitrogens is 4. The highest BCUT2D eigenvalue weighted by atomic mass is 19.4. The fraction of sp³-hybridized carbons (Fsp3) is 0.625. The maximum Gasteiger partial charge on any atom is 0.416 e. The number of carbonyl (C=O) groups excluding carboxylic acids is 2. The number of hydrogen-bond donors (Lipinski definition) is 5. The van der Waals surface area contributed by atoms with E-state index in [1.807, 2.05) is 0 Å². The molecule has 4 fully saturated rings. The number of carbonyl (C=O) groups is 2. The van der Waals surface area contributed by atoms with Crippen LogP contribution in [0.15, 0.2) is 48.8 Å². The Morgan fingerprint density at radius 3 is 1.81 bits per heavy atom. The minimum Gasteiger partial charge on any atom is -0.392 e. The molecule has 0 bridgehead atoms. The van der Waals surface area contributed by atoms with Gasteiger partial charge < -0.3 is 31.1 Å². The van der Waals surface area contributed by atoms with Gasteiger partial charge in [-0.05, 0) is 99.5 Å². The SMILES string of the molecule is CC(C)C(OCC(C)C(O)C1CCC(N2CC(NC(=O)CNc3cnnc4ccc(C(F)(F)F)cc34)C2)CC1)C1CCC(N2CC(NC(=O)CNc3nncc4ccc(C(F)(F)F)cc34)C2)CC1. The standard InChI is InChI=1S/C48H62F6N10O4/c1-27(2)45(30-7-13-37(14-8-30)64-24-35(25-64)60-43(66)21-56-46-38-16-32(47(49,50)51)9-4-31(38)18-57-62-46)68-26-28(3)44(67)29-5-11-36(12-6-29)63-22-34(23-63)59-42(65)20-55-41-19-58-61-40-15-10-33(17-39(40)41)48(52,53)54/h4,9-10,15-19,27-30,34-37,44-45,67H,5-8,11-14,20-26H2,1-3H3,(H,55,61)(H,56,62)(H,59,65)(H,60,66). The molecule has 2 aromatic carbocycles. The molecule has 4 aliphatic rings. The number of hydrogen-bond acceptors (Lipinski definition) is 12. The van der Waals surface area contributed by atoms with Crippen LogP contribution in [-0.4, -0.2) is 129 Å². The van der Waals surface area contributed by atoms with E-state index >= 15 is 0 Å². The largest absolute Gasteiger partial charge is 0.416 e. The van der Waals surface area contributed by atoms with Gasteiger partial charge in [0.15, 0.2) is 5.82 Å². The molecule has 4 heterocycles. The summed E-state index contributed by atoms with van der Waals surface area (Å²) >= 11 is 0. The Bertz CT molecular complexity index is 2360. The summed E-state index contributed by atoms with van der Waals surface area (Å²) in [7, 11) is 0. The third-order valence-electron chi connectivity index (χ3n) is 14.6. The molecular weight excluding hydrogens is 895 g/mol. The van der Waals surface area contributed by atoms with Gasteiger partial charge in [-0.2, -0.15) is 41.6 Å². The van der Waals surface area contributed by atoms with Crippen molar-refractivity contribution in [3.05, 3.63) is 59.9 Å². The monoisotopic (exact) mass is 956 g/mol. The number of nitrogens with zero attached hydrogens (tertiary/aromatic N) is 6. The number of halogens is 6. The number of amides is 2. The fourth-order valence-corrected chi connectivity index (χ4v) is 10.8. The summed E-state index contributed by atoms with van der Waals surface area (Å²) in [6.45, 7) is 9.67. The molecule has 0 radical (unpaired) electrons. The van der Waals surface area contributed by atoms with Gasteiger partial charge >= 0.3 is 12.4 Å². The Balaban J connectivity index is 0.695. The number of anilines is 2. The number of nitrogens with one attached hydrogen (secondary N) is 4. The van der Waals surface area contributed by atoms with Crippen LogP contribution in [-0.2, 0) is 26.7 Å². The van der Waals surface area contributed by atoms with Gasteiger partial charge in [-0.25, -0.2) is 0 Å². The summed E-state index contributed by atoms with van der Waals surface area (Å²) in [6.07, 6.45) is 1.28. The molecule has 5 N–H and O–H groups in total. The van der Waals surface area contributed by atoms with E-state index in [1.165, 1.54) is 24.5 Å². The predicted octanol–water partition coefficient (Wildman–Crippen LogP) is 6.89. The fourth-order valence-electron chi connectivity index (χ4n) is 10.8. The normalized spacial score (nSPS) is 23.7. The highest BCUT2D eigenvalue weighted by Gasteiger charge is 2.40. The second-order valence-corrected chi connectivity index (χ2v) is 19.8. The van der Waals surface area contributed by atoms with Gasteiger partial charge in [-0.15, -0.1) is 5.10 Å². The lowest BCUT2D eigenvalue weighted by Crippen LogP contribution is -2.63. The van der Waals surface area contributed by atoms with Crippen molar-refractivity contribution >= 4 is 45.0 Å². The van der Waals surface area contributed by atoms with E-state index in [1.54, 1.807) is 0 Å². The number of rotatable bonds is 17. The summed E-state index contributed by atoms with van der Waals surface area (Å²) in [5.41, 5.74) is -0.995. The zero-order chi connectivity index (χ0) is 48.3. The lowest BCUT2D eigenvalue weighted by Gasteiger charge is -2.48. The van der Waals surface area contributed by atoms with Gasteiger partial charge in [0.2, 0.25) is 11.8 Å². The Labute approximate surface area is 391 Å². The van der Waals surface area contributed by atoms with Gasteiger partial charge in [0.1, 0.15) is 0 Å². The summed E-state index contributed by atoms with van der Waals surface area (Å²) in [5, 5.41) is 39.8. The van der Waals surface area contributed by atoms with E-state index < -0.39 is 29.6 Å². The zero-order valence-corrected chi connectivity index (χ0v) is 38.6. The Morgan fingerprint density at radius 2 is 1.24 bits per heavy atom. The number of aliphatic hydroxyl groups excluding tert-OH is 1. The molecule has 3 unspecified atom stereocenters. The van der Waals surface area contributed by atoms with Crippen LogP contribution in [0.25, 0.3) is 21.7 Å². The van der Waals surface area contributed by atoms with Gasteiger partial charge in [-0.3, -0.25) is 19.4 Å². The number of alkyl halides is 6. The first kappa shape index (κ1) is 49.5. The minimum absolute atomic E-state index is 0.00281. The van der Waals surface area contributed by atoms with E-state index in [4.69, 9.17) is 4.74 Å². The van der Waals surface area contributed by atoms with Crippen LogP contribution in [0.5, 0.6) is 0 Å². The molecular formula is C48H62F6N10O4. The van der Waals surface area contributed by atoms with Crippen LogP contribution >= 0.6 is 0 Å². The van der Waals surface area contributed by atoms with Gasteiger partial charge in [-0.1, -0.05) is 26.8 Å². The lowest BCUT2D eigenvalue weighted by atomic mass is 9.77. The summed E-state index contributed by atoms with van der Waals surface area (Å²) in [4.78, 5) is 30.3. The third-order valence-corrected chi connectivity index (χ3v) is 14.6. The van der Waals surface area contributed by atoms with Gasteiger partial charge in [0.05, 0.1) is 78.7 Å². The van der Waals surface area contributed by atoms with E-state index in [0.29, 0.717) is 47.1 Å². The highest BCUT2D eigenvalue weighted by Crippen LogP contribution is 2.38. The van der Waals surface area contributed by atoms with Crippen molar-refractivity contribution in [2.24, 2.45) is 23.7 Å². The van der Waals surface area contributed by atoms with Crippen LogP contribution in [0.1, 0.15) is 83.3 Å². The first-order valence-electron chi connectivity index (χ1n) is 23.9. The molecule has 2 saturated carbocycles. The van der Waals surface area contributed by atoms with Gasteiger partial charge in [0, 0.05) is 60.3 Å². The predicted molar refractivity (Wildman–Crippen MR) is 244 cm³/mol. The van der Waals surface area contributed by atoms with E-state index in [9.17, 15) is 41.0 Å². The molecule has 2 amide bonds. The number of benzene rings is 2. The van der Waals surface area contributed by atoms with Crippen LogP contribution in [0.3, 0.4) is 0 Å². The third kappa shape index (κ3) is 11.9. The Hall–Kier alpha value is -4.92. The van der Waals surface area contributed by atoms with Gasteiger partial charge in [0.25, 0.3) is 0 Å². The average molecular weight is 957 g/mol. The summed E-state index contributed by atoms with van der Waals surface area (Å²) in [5.74, 6) is 0.546. The van der Waals surface area contributed by atoms with Crippen LogP contribution < -0.4 is 21.3 Å². The van der Waals surface area contributed by atoms with Crippen molar-refractivity contribution < 1.29 is 45.8 Å². The first-order valence-corrected chi connectivity index (χ1v) is 23.9. The van der Waals surface area contributed by atoms with E-state index in [2.05, 4.69) is 72.2 Å². The van der Waals surface area contributed by atoms with Crippen molar-refractivity contribution in [3.63, 3.8) is 0 Å². The number of aliphatic hydroxyl groups is 1. The molecule has 2 aromatic heterocycles. The smallest absolute Gasteiger partial charge is 0.392 e. The average Bonchev–Trinajstić information content (AvgIpc) is 3.28. The summed E-state index contributed by atoms with van der Waals surface area (Å²) in [6, 6.07) is 7.38. The second kappa shape index (κ2) is 21.0. The van der Waals surface area contributed by atoms with Crippen molar-refractivity contribution in [1.29, 1.82) is 0 Å². The molecule has 0 spiro atoms. The Morgan fingerprint density at radius 1 is 0.706 bits per heavy atom. The van der Waals surface area contributed by atoms with Crippen molar-refractivity contribution in [2.75, 3.05) is 56.5 Å². The number of fused-ring (bicyclic) bond motifs is 2. The molecule has 20 heteroatoms. The quantitative estimate of drug-likeness (QED) is 0.0697. The molecule has 3 atom stereocenters. The molecule has 4 aromatic rings. The van der Waals surface area contributed by atoms with Crippen molar-refractivity contribution in [3.8, 4) is 0 Å². The summed E-state index contributed by atoms with van der Waals surface area (Å²) < 4.78 is 86.5. The molecule has 2 saturated heterocycles. The van der Waals surface area contributed by atoms with Crippen molar-refractivity contribution in [1.82, 2.24) is 40.8 Å². The minimum atomic E-state index is -4.50. The molecule has 370 valence electrons. The van der Waals surface area contributed by atoms with Crippen LogP contribution in [0.2, 0.25) is 0 Å². The van der Waals surface area contributed by atoms with Crippen molar-refractivity contribution in [2.45, 2.75) is 121 Å². The molecule has 68 heavy (non-hydrogen) atoms. The molecule has 2 aliphatic heterocycles. The zero-order valence-electron chi connectivity index (χ0n) is 38.6. The second-order valence-electron chi connectivity index (χ2n) is 19.8. The first-order chi connectivity index (χ1) is 32.4. The van der Waals surface area contributed by atoms with Crippen LogP contribution in [0, 0.1) is 23.7 Å². The lowest BCUT2D eigenvalue weighted by molar-refractivity contribution is -0.138. The molecule has 14 nitrogen and oxygen atoms in total. The topological polar surface area (TPSA) is 170 Å². The maximum atomic E-state index is 13.3. The highest BCUT2D eigenvalue weighted by molar-refractivity contribution is 5.94. The number of likely N-dealkylation sites (tertiary alicyclic amines) is 2. The van der Waals surface area contributed by atoms with E-state index in [0.717, 1.165) is 102 Å². The van der Waals surface area contributed by atoms with Crippen LogP contribution in [0.4, 0.5) is 37.8 Å². The molecule has 2 aliphatic carbocycles. The maximum absolute atomic E-state index is 13.3.